The monoisotopic (exact) mass is 253 g/mol. The molecule has 0 aliphatic heterocycles. The summed E-state index contributed by atoms with van der Waals surface area (Å²) in [5.41, 5.74) is 5.94. The SMILES string of the molecule is COCC(CCN)NC(=O)c1ccncc1OC. The van der Waals surface area contributed by atoms with Gasteiger partial charge >= 0.3 is 0 Å². The quantitative estimate of drug-likeness (QED) is 0.724. The molecule has 0 saturated heterocycles. The van der Waals surface area contributed by atoms with Crippen molar-refractivity contribution in [1.29, 1.82) is 0 Å². The summed E-state index contributed by atoms with van der Waals surface area (Å²) in [6, 6.07) is 1.51. The highest BCUT2D eigenvalue weighted by atomic mass is 16.5. The van der Waals surface area contributed by atoms with Gasteiger partial charge in [-0.15, -0.1) is 0 Å². The summed E-state index contributed by atoms with van der Waals surface area (Å²) >= 11 is 0. The minimum Gasteiger partial charge on any atom is -0.494 e. The zero-order chi connectivity index (χ0) is 13.4. The largest absolute Gasteiger partial charge is 0.494 e. The van der Waals surface area contributed by atoms with Crippen LogP contribution < -0.4 is 15.8 Å². The molecule has 0 fully saturated rings. The second kappa shape index (κ2) is 7.62. The van der Waals surface area contributed by atoms with Crippen molar-refractivity contribution in [3.05, 3.63) is 24.0 Å². The molecule has 0 saturated carbocycles. The van der Waals surface area contributed by atoms with E-state index in [9.17, 15) is 4.79 Å². The molecule has 6 heteroatoms. The van der Waals surface area contributed by atoms with E-state index in [1.807, 2.05) is 0 Å². The summed E-state index contributed by atoms with van der Waals surface area (Å²) in [5.74, 6) is 0.226. The molecule has 1 aromatic rings. The van der Waals surface area contributed by atoms with Crippen LogP contribution in [0.5, 0.6) is 5.75 Å². The molecule has 1 atom stereocenters. The number of methoxy groups -OCH3 is 2. The van der Waals surface area contributed by atoms with Crippen LogP contribution >= 0.6 is 0 Å². The molecular formula is C12H19N3O3. The van der Waals surface area contributed by atoms with Gasteiger partial charge in [0.2, 0.25) is 0 Å². The summed E-state index contributed by atoms with van der Waals surface area (Å²) in [6.45, 7) is 0.915. The highest BCUT2D eigenvalue weighted by Crippen LogP contribution is 2.15. The van der Waals surface area contributed by atoms with Gasteiger partial charge in [-0.2, -0.15) is 0 Å². The third-order valence-corrected chi connectivity index (χ3v) is 2.47. The molecule has 0 aliphatic carbocycles. The second-order valence-corrected chi connectivity index (χ2v) is 3.78. The molecule has 0 bridgehead atoms. The fourth-order valence-electron chi connectivity index (χ4n) is 1.59. The topological polar surface area (TPSA) is 86.5 Å². The number of carbonyl (C=O) groups excluding carboxylic acids is 1. The van der Waals surface area contributed by atoms with Gasteiger partial charge in [-0.1, -0.05) is 0 Å². The maximum atomic E-state index is 12.1. The van der Waals surface area contributed by atoms with Crippen molar-refractivity contribution in [1.82, 2.24) is 10.3 Å². The molecule has 100 valence electrons. The summed E-state index contributed by atoms with van der Waals surface area (Å²) in [7, 11) is 3.09. The van der Waals surface area contributed by atoms with Crippen LogP contribution in [0.1, 0.15) is 16.8 Å². The van der Waals surface area contributed by atoms with Gasteiger partial charge in [0.05, 0.1) is 31.5 Å². The minimum absolute atomic E-state index is 0.106. The van der Waals surface area contributed by atoms with Crippen molar-refractivity contribution in [2.45, 2.75) is 12.5 Å². The van der Waals surface area contributed by atoms with Crippen molar-refractivity contribution < 1.29 is 14.3 Å². The lowest BCUT2D eigenvalue weighted by atomic mass is 10.2. The second-order valence-electron chi connectivity index (χ2n) is 3.78. The Morgan fingerprint density at radius 2 is 2.33 bits per heavy atom. The molecule has 1 rings (SSSR count). The number of nitrogens with two attached hydrogens (primary N) is 1. The normalized spacial score (nSPS) is 11.9. The first-order chi connectivity index (χ1) is 8.72. The van der Waals surface area contributed by atoms with E-state index in [2.05, 4.69) is 10.3 Å². The van der Waals surface area contributed by atoms with Crippen molar-refractivity contribution >= 4 is 5.91 Å². The van der Waals surface area contributed by atoms with Crippen molar-refractivity contribution in [3.8, 4) is 5.75 Å². The molecule has 0 aromatic carbocycles. The Labute approximate surface area is 106 Å². The lowest BCUT2D eigenvalue weighted by Gasteiger charge is -2.17. The van der Waals surface area contributed by atoms with Crippen molar-refractivity contribution in [2.75, 3.05) is 27.4 Å². The number of pyridine rings is 1. The third-order valence-electron chi connectivity index (χ3n) is 2.47. The maximum Gasteiger partial charge on any atom is 0.255 e. The first-order valence-corrected chi connectivity index (χ1v) is 5.70. The van der Waals surface area contributed by atoms with Gasteiger partial charge in [0.15, 0.2) is 0 Å². The Hall–Kier alpha value is -1.66. The van der Waals surface area contributed by atoms with Gasteiger partial charge in [-0.3, -0.25) is 9.78 Å². The number of amides is 1. The van der Waals surface area contributed by atoms with Crippen LogP contribution in [-0.2, 0) is 4.74 Å². The average Bonchev–Trinajstić information content (AvgIpc) is 2.39. The van der Waals surface area contributed by atoms with E-state index in [0.717, 1.165) is 0 Å². The number of carbonyl (C=O) groups is 1. The van der Waals surface area contributed by atoms with Gasteiger partial charge in [0.25, 0.3) is 5.91 Å². The highest BCUT2D eigenvalue weighted by Gasteiger charge is 2.16. The Kier molecular flexibility index (Phi) is 6.10. The number of hydrogen-bond donors (Lipinski definition) is 2. The smallest absolute Gasteiger partial charge is 0.255 e. The minimum atomic E-state index is -0.218. The summed E-state index contributed by atoms with van der Waals surface area (Å²) < 4.78 is 10.1. The lowest BCUT2D eigenvalue weighted by Crippen LogP contribution is -2.39. The summed E-state index contributed by atoms with van der Waals surface area (Å²) in [6.07, 6.45) is 3.71. The first kappa shape index (κ1) is 14.4. The fourth-order valence-corrected chi connectivity index (χ4v) is 1.59. The van der Waals surface area contributed by atoms with E-state index in [1.54, 1.807) is 19.4 Å². The van der Waals surface area contributed by atoms with Gasteiger partial charge in [0, 0.05) is 13.3 Å². The molecule has 1 heterocycles. The predicted molar refractivity (Wildman–Crippen MR) is 67.6 cm³/mol. The predicted octanol–water partition coefficient (Wildman–Crippen LogP) is 0.184. The van der Waals surface area contributed by atoms with Crippen LogP contribution in [0, 0.1) is 0 Å². The molecule has 1 amide bonds. The maximum absolute atomic E-state index is 12.1. The van der Waals surface area contributed by atoms with Gasteiger partial charge < -0.3 is 20.5 Å². The molecule has 1 unspecified atom stereocenters. The Balaban J connectivity index is 2.73. The first-order valence-electron chi connectivity index (χ1n) is 5.70. The zero-order valence-corrected chi connectivity index (χ0v) is 10.7. The fraction of sp³-hybridized carbons (Fsp3) is 0.500. The third kappa shape index (κ3) is 3.97. The number of hydrogen-bond acceptors (Lipinski definition) is 5. The molecule has 1 aromatic heterocycles. The molecule has 18 heavy (non-hydrogen) atoms. The van der Waals surface area contributed by atoms with Gasteiger partial charge in [-0.05, 0) is 19.0 Å². The standard InChI is InChI=1S/C12H19N3O3/c1-17-8-9(3-5-13)15-12(16)10-4-6-14-7-11(10)18-2/h4,6-7,9H,3,5,8,13H2,1-2H3,(H,15,16). The van der Waals surface area contributed by atoms with E-state index in [1.165, 1.54) is 13.3 Å². The van der Waals surface area contributed by atoms with E-state index in [0.29, 0.717) is 30.9 Å². The molecule has 0 aliphatic rings. The highest BCUT2D eigenvalue weighted by molar-refractivity contribution is 5.96. The number of ether oxygens (including phenoxy) is 2. The zero-order valence-electron chi connectivity index (χ0n) is 10.7. The Bertz CT molecular complexity index is 379. The van der Waals surface area contributed by atoms with Crippen LogP contribution in [0.4, 0.5) is 0 Å². The van der Waals surface area contributed by atoms with Crippen molar-refractivity contribution in [2.24, 2.45) is 5.73 Å². The average molecular weight is 253 g/mol. The van der Waals surface area contributed by atoms with E-state index < -0.39 is 0 Å². The van der Waals surface area contributed by atoms with Gasteiger partial charge in [-0.25, -0.2) is 0 Å². The number of nitrogens with one attached hydrogen (secondary N) is 1. The van der Waals surface area contributed by atoms with Crippen LogP contribution in [0.2, 0.25) is 0 Å². The van der Waals surface area contributed by atoms with E-state index >= 15 is 0 Å². The van der Waals surface area contributed by atoms with Gasteiger partial charge in [0.1, 0.15) is 5.75 Å². The molecule has 0 radical (unpaired) electrons. The number of aromatic nitrogens is 1. The number of rotatable bonds is 7. The van der Waals surface area contributed by atoms with E-state index in [-0.39, 0.29) is 11.9 Å². The molecule has 0 spiro atoms. The summed E-state index contributed by atoms with van der Waals surface area (Å²) in [5, 5.41) is 2.86. The van der Waals surface area contributed by atoms with Crippen LogP contribution in [0.3, 0.4) is 0 Å². The van der Waals surface area contributed by atoms with Crippen LogP contribution in [-0.4, -0.2) is 44.3 Å². The van der Waals surface area contributed by atoms with Crippen LogP contribution in [0.25, 0.3) is 0 Å². The lowest BCUT2D eigenvalue weighted by molar-refractivity contribution is 0.0890. The van der Waals surface area contributed by atoms with Crippen LogP contribution in [0.15, 0.2) is 18.5 Å². The van der Waals surface area contributed by atoms with E-state index in [4.69, 9.17) is 15.2 Å². The number of nitrogens with zero attached hydrogens (tertiary/aromatic N) is 1. The Morgan fingerprint density at radius 3 is 2.94 bits per heavy atom. The molecular weight excluding hydrogens is 234 g/mol. The van der Waals surface area contributed by atoms with Crippen molar-refractivity contribution in [3.63, 3.8) is 0 Å². The Morgan fingerprint density at radius 1 is 1.56 bits per heavy atom. The summed E-state index contributed by atoms with van der Waals surface area (Å²) in [4.78, 5) is 16.0. The molecule has 6 nitrogen and oxygen atoms in total. The molecule has 3 N–H and O–H groups in total.